The lowest BCUT2D eigenvalue weighted by atomic mass is 10.4. The summed E-state index contributed by atoms with van der Waals surface area (Å²) in [6, 6.07) is 1.94. The number of anilines is 1. The van der Waals surface area contributed by atoms with Crippen molar-refractivity contribution >= 4 is 21.7 Å². The summed E-state index contributed by atoms with van der Waals surface area (Å²) in [5, 5.41) is 0. The molecule has 0 saturated carbocycles. The van der Waals surface area contributed by atoms with Crippen LogP contribution in [0.4, 0.5) is 5.82 Å². The molecule has 0 aliphatic rings. The average molecular weight is 175 g/mol. The Labute approximate surface area is 56.2 Å². The van der Waals surface area contributed by atoms with E-state index in [0.29, 0.717) is 0 Å². The van der Waals surface area contributed by atoms with Crippen LogP contribution in [0.1, 0.15) is 5.56 Å². The van der Waals surface area contributed by atoms with Crippen molar-refractivity contribution < 1.29 is 0 Å². The van der Waals surface area contributed by atoms with Gasteiger partial charge in [0.1, 0.15) is 5.82 Å². The Hall–Kier alpha value is -0.440. The molecule has 2 nitrogen and oxygen atoms in total. The molecule has 44 valence electrons. The predicted octanol–water partition coefficient (Wildman–Crippen LogP) is 1.67. The van der Waals surface area contributed by atoms with E-state index in [1.807, 2.05) is 13.0 Å². The van der Waals surface area contributed by atoms with Crippen molar-refractivity contribution in [1.82, 2.24) is 4.98 Å². The first-order chi connectivity index (χ1) is 3.70. The fourth-order valence-electron chi connectivity index (χ4n) is 0.531. The first-order valence-electron chi connectivity index (χ1n) is 2.31. The standard InChI is InChI=1S/C5H7BrN2/c1-3-2-4(6)8-5(3)7/h2,8H,7H2,1H3. The topological polar surface area (TPSA) is 41.8 Å². The minimum atomic E-state index is 0.733. The van der Waals surface area contributed by atoms with Gasteiger partial charge in [0.15, 0.2) is 0 Å². The van der Waals surface area contributed by atoms with Crippen molar-refractivity contribution in [2.75, 3.05) is 5.73 Å². The third-order valence-corrected chi connectivity index (χ3v) is 1.45. The number of hydrogen-bond donors (Lipinski definition) is 2. The molecular weight excluding hydrogens is 168 g/mol. The minimum Gasteiger partial charge on any atom is -0.385 e. The van der Waals surface area contributed by atoms with Crippen molar-refractivity contribution in [1.29, 1.82) is 0 Å². The summed E-state index contributed by atoms with van der Waals surface area (Å²) in [6.07, 6.45) is 0. The summed E-state index contributed by atoms with van der Waals surface area (Å²) >= 11 is 3.25. The Morgan fingerprint density at radius 3 is 2.50 bits per heavy atom. The Kier molecular flexibility index (Phi) is 1.29. The monoisotopic (exact) mass is 174 g/mol. The second-order valence-electron chi connectivity index (χ2n) is 1.71. The highest BCUT2D eigenvalue weighted by Gasteiger charge is 1.94. The van der Waals surface area contributed by atoms with Gasteiger partial charge in [0.05, 0.1) is 4.60 Å². The highest BCUT2D eigenvalue weighted by atomic mass is 79.9. The molecule has 0 aromatic carbocycles. The fourth-order valence-corrected chi connectivity index (χ4v) is 1.09. The van der Waals surface area contributed by atoms with Gasteiger partial charge in [0.2, 0.25) is 0 Å². The molecule has 3 heteroatoms. The van der Waals surface area contributed by atoms with Crippen molar-refractivity contribution in [3.63, 3.8) is 0 Å². The van der Waals surface area contributed by atoms with Gasteiger partial charge in [-0.05, 0) is 34.5 Å². The van der Waals surface area contributed by atoms with Crippen LogP contribution >= 0.6 is 15.9 Å². The van der Waals surface area contributed by atoms with E-state index in [1.165, 1.54) is 0 Å². The Morgan fingerprint density at radius 2 is 2.38 bits per heavy atom. The number of aryl methyl sites for hydroxylation is 1. The molecule has 1 heterocycles. The highest BCUT2D eigenvalue weighted by molar-refractivity contribution is 9.10. The molecule has 0 saturated heterocycles. The molecule has 0 aliphatic heterocycles. The van der Waals surface area contributed by atoms with Crippen molar-refractivity contribution in [3.8, 4) is 0 Å². The minimum absolute atomic E-state index is 0.733. The molecule has 0 amide bonds. The molecule has 0 atom stereocenters. The molecular formula is C5H7BrN2. The largest absolute Gasteiger partial charge is 0.385 e. The van der Waals surface area contributed by atoms with Crippen molar-refractivity contribution in [2.24, 2.45) is 0 Å². The van der Waals surface area contributed by atoms with E-state index in [4.69, 9.17) is 5.73 Å². The van der Waals surface area contributed by atoms with Gasteiger partial charge >= 0.3 is 0 Å². The molecule has 8 heavy (non-hydrogen) atoms. The van der Waals surface area contributed by atoms with Gasteiger partial charge < -0.3 is 10.7 Å². The van der Waals surface area contributed by atoms with Crippen LogP contribution in [0.3, 0.4) is 0 Å². The van der Waals surface area contributed by atoms with E-state index in [9.17, 15) is 0 Å². The molecule has 0 aliphatic carbocycles. The molecule has 0 radical (unpaired) electrons. The zero-order valence-corrected chi connectivity index (χ0v) is 6.12. The van der Waals surface area contributed by atoms with E-state index < -0.39 is 0 Å². The summed E-state index contributed by atoms with van der Waals surface area (Å²) in [7, 11) is 0. The van der Waals surface area contributed by atoms with Crippen LogP contribution in [0.25, 0.3) is 0 Å². The Balaban J connectivity index is 3.14. The number of rotatable bonds is 0. The number of nitrogens with one attached hydrogen (secondary N) is 1. The quantitative estimate of drug-likeness (QED) is 0.618. The van der Waals surface area contributed by atoms with Gasteiger partial charge in [0, 0.05) is 0 Å². The molecule has 0 unspecified atom stereocenters. The second kappa shape index (κ2) is 1.82. The molecule has 1 aromatic heterocycles. The number of nitrogen functional groups attached to an aromatic ring is 1. The first-order valence-corrected chi connectivity index (χ1v) is 3.10. The number of aromatic nitrogens is 1. The van der Waals surface area contributed by atoms with Crippen LogP contribution in [0.2, 0.25) is 0 Å². The highest BCUT2D eigenvalue weighted by Crippen LogP contribution is 2.15. The Bertz CT molecular complexity index is 173. The summed E-state index contributed by atoms with van der Waals surface area (Å²) in [5.74, 6) is 0.733. The lowest BCUT2D eigenvalue weighted by Gasteiger charge is -1.82. The van der Waals surface area contributed by atoms with E-state index in [0.717, 1.165) is 16.0 Å². The maximum absolute atomic E-state index is 5.46. The van der Waals surface area contributed by atoms with Gasteiger partial charge in [-0.25, -0.2) is 0 Å². The summed E-state index contributed by atoms with van der Waals surface area (Å²) in [4.78, 5) is 2.90. The third-order valence-electron chi connectivity index (χ3n) is 1.02. The Morgan fingerprint density at radius 1 is 1.75 bits per heavy atom. The van der Waals surface area contributed by atoms with E-state index in [2.05, 4.69) is 20.9 Å². The van der Waals surface area contributed by atoms with E-state index in [-0.39, 0.29) is 0 Å². The van der Waals surface area contributed by atoms with E-state index in [1.54, 1.807) is 0 Å². The van der Waals surface area contributed by atoms with E-state index >= 15 is 0 Å². The molecule has 0 bridgehead atoms. The predicted molar refractivity (Wildman–Crippen MR) is 37.6 cm³/mol. The fraction of sp³-hybridized carbons (Fsp3) is 0.200. The zero-order valence-electron chi connectivity index (χ0n) is 4.53. The average Bonchev–Trinajstić information content (AvgIpc) is 1.85. The number of halogens is 1. The van der Waals surface area contributed by atoms with Crippen molar-refractivity contribution in [3.05, 3.63) is 16.2 Å². The summed E-state index contributed by atoms with van der Waals surface area (Å²) in [6.45, 7) is 1.95. The van der Waals surface area contributed by atoms with Crippen molar-refractivity contribution in [2.45, 2.75) is 6.92 Å². The molecule has 3 N–H and O–H groups in total. The third kappa shape index (κ3) is 0.865. The van der Waals surface area contributed by atoms with Crippen LogP contribution in [0.5, 0.6) is 0 Å². The summed E-state index contributed by atoms with van der Waals surface area (Å²) < 4.78 is 0.938. The smallest absolute Gasteiger partial charge is 0.104 e. The van der Waals surface area contributed by atoms with Gasteiger partial charge in [-0.1, -0.05) is 0 Å². The first kappa shape index (κ1) is 5.69. The maximum Gasteiger partial charge on any atom is 0.104 e. The normalized spacial score (nSPS) is 9.75. The van der Waals surface area contributed by atoms with Crippen LogP contribution in [0.15, 0.2) is 10.7 Å². The zero-order chi connectivity index (χ0) is 6.15. The van der Waals surface area contributed by atoms with Crippen LogP contribution in [-0.4, -0.2) is 4.98 Å². The van der Waals surface area contributed by atoms with Crippen LogP contribution in [-0.2, 0) is 0 Å². The second-order valence-corrected chi connectivity index (χ2v) is 2.57. The SMILES string of the molecule is Cc1cc(Br)[nH]c1N. The lowest BCUT2D eigenvalue weighted by Crippen LogP contribution is -1.84. The lowest BCUT2D eigenvalue weighted by molar-refractivity contribution is 1.35. The molecule has 0 spiro atoms. The van der Waals surface area contributed by atoms with Gasteiger partial charge in [0.25, 0.3) is 0 Å². The summed E-state index contributed by atoms with van der Waals surface area (Å²) in [5.41, 5.74) is 6.54. The maximum atomic E-state index is 5.46. The van der Waals surface area contributed by atoms with Gasteiger partial charge in [-0.15, -0.1) is 0 Å². The number of hydrogen-bond acceptors (Lipinski definition) is 1. The van der Waals surface area contributed by atoms with Crippen LogP contribution in [0, 0.1) is 6.92 Å². The number of H-pyrrole nitrogens is 1. The number of aromatic amines is 1. The molecule has 0 fully saturated rings. The van der Waals surface area contributed by atoms with Gasteiger partial charge in [-0.2, -0.15) is 0 Å². The van der Waals surface area contributed by atoms with Crippen LogP contribution < -0.4 is 5.73 Å². The van der Waals surface area contributed by atoms with Gasteiger partial charge in [-0.3, -0.25) is 0 Å². The number of nitrogens with two attached hydrogens (primary N) is 1. The molecule has 1 rings (SSSR count). The molecule has 1 aromatic rings.